The molecule has 1 aliphatic carbocycles. The zero-order valence-electron chi connectivity index (χ0n) is 8.18. The summed E-state index contributed by atoms with van der Waals surface area (Å²) in [6, 6.07) is 5.67. The van der Waals surface area contributed by atoms with E-state index in [2.05, 4.69) is 4.72 Å². The maximum Gasteiger partial charge on any atom is 0.240 e. The van der Waals surface area contributed by atoms with Crippen molar-refractivity contribution in [3.05, 3.63) is 24.3 Å². The zero-order chi connectivity index (χ0) is 10.9. The zero-order valence-corrected chi connectivity index (χ0v) is 9.00. The molecule has 0 saturated heterocycles. The summed E-state index contributed by atoms with van der Waals surface area (Å²) in [6.07, 6.45) is 2.20. The van der Waals surface area contributed by atoms with Crippen molar-refractivity contribution in [3.63, 3.8) is 0 Å². The normalized spacial score (nSPS) is 16.5. The third-order valence-electron chi connectivity index (χ3n) is 2.39. The van der Waals surface area contributed by atoms with Crippen molar-refractivity contribution in [3.8, 4) is 5.75 Å². The van der Waals surface area contributed by atoms with Crippen LogP contribution in [0.25, 0.3) is 0 Å². The molecule has 1 aliphatic rings. The van der Waals surface area contributed by atoms with Gasteiger partial charge in [0.25, 0.3) is 0 Å². The minimum atomic E-state index is -3.45. The van der Waals surface area contributed by atoms with Crippen LogP contribution in [0.2, 0.25) is 0 Å². The average molecular weight is 227 g/mol. The number of phenols is 1. The molecule has 0 aliphatic heterocycles. The van der Waals surface area contributed by atoms with E-state index in [0.29, 0.717) is 12.5 Å². The monoisotopic (exact) mass is 227 g/mol. The number of hydrogen-bond acceptors (Lipinski definition) is 3. The second-order valence-corrected chi connectivity index (χ2v) is 5.56. The molecule has 5 heteroatoms. The predicted molar refractivity (Wildman–Crippen MR) is 56.0 cm³/mol. The fourth-order valence-corrected chi connectivity index (χ4v) is 2.44. The molecule has 0 atom stereocenters. The van der Waals surface area contributed by atoms with Crippen molar-refractivity contribution < 1.29 is 13.5 Å². The van der Waals surface area contributed by atoms with Gasteiger partial charge in [-0.15, -0.1) is 0 Å². The molecule has 1 aromatic carbocycles. The largest absolute Gasteiger partial charge is 0.508 e. The van der Waals surface area contributed by atoms with Gasteiger partial charge in [-0.3, -0.25) is 0 Å². The van der Waals surface area contributed by atoms with Gasteiger partial charge in [-0.25, -0.2) is 13.1 Å². The van der Waals surface area contributed by atoms with Gasteiger partial charge < -0.3 is 5.11 Å². The molecule has 0 amide bonds. The van der Waals surface area contributed by atoms with Crippen LogP contribution < -0.4 is 4.72 Å². The summed E-state index contributed by atoms with van der Waals surface area (Å²) in [5, 5.41) is 9.17. The molecule has 2 rings (SSSR count). The number of hydrogen-bond donors (Lipinski definition) is 2. The third kappa shape index (κ3) is 2.70. The van der Waals surface area contributed by atoms with E-state index in [1.54, 1.807) is 0 Å². The van der Waals surface area contributed by atoms with E-state index in [4.69, 9.17) is 0 Å². The van der Waals surface area contributed by atoms with E-state index >= 15 is 0 Å². The Hall–Kier alpha value is -1.07. The number of benzene rings is 1. The van der Waals surface area contributed by atoms with Gasteiger partial charge in [0.2, 0.25) is 10.0 Å². The molecule has 0 radical (unpaired) electrons. The van der Waals surface area contributed by atoms with Crippen LogP contribution in [0, 0.1) is 5.92 Å². The van der Waals surface area contributed by atoms with Crippen LogP contribution in [0.5, 0.6) is 5.75 Å². The SMILES string of the molecule is O=S(=O)(NCC1CC1)c1cccc(O)c1. The Labute approximate surface area is 89.0 Å². The summed E-state index contributed by atoms with van der Waals surface area (Å²) in [7, 11) is -3.45. The lowest BCUT2D eigenvalue weighted by atomic mass is 10.3. The van der Waals surface area contributed by atoms with Crippen molar-refractivity contribution in [1.82, 2.24) is 4.72 Å². The first-order valence-electron chi connectivity index (χ1n) is 4.86. The van der Waals surface area contributed by atoms with Crippen molar-refractivity contribution in [1.29, 1.82) is 0 Å². The summed E-state index contributed by atoms with van der Waals surface area (Å²) >= 11 is 0. The van der Waals surface area contributed by atoms with Gasteiger partial charge in [-0.2, -0.15) is 0 Å². The van der Waals surface area contributed by atoms with Gasteiger partial charge in [-0.1, -0.05) is 6.07 Å². The van der Waals surface area contributed by atoms with Gasteiger partial charge in [0.1, 0.15) is 5.75 Å². The highest BCUT2D eigenvalue weighted by Gasteiger charge is 2.24. The molecule has 1 fully saturated rings. The van der Waals surface area contributed by atoms with Crippen LogP contribution in [0.4, 0.5) is 0 Å². The van der Waals surface area contributed by atoms with E-state index in [1.807, 2.05) is 0 Å². The standard InChI is InChI=1S/C10H13NO3S/c12-9-2-1-3-10(6-9)15(13,14)11-7-8-4-5-8/h1-3,6,8,11-12H,4-5,7H2. The summed E-state index contributed by atoms with van der Waals surface area (Å²) in [6.45, 7) is 0.498. The molecule has 82 valence electrons. The van der Waals surface area contributed by atoms with E-state index in [9.17, 15) is 13.5 Å². The summed E-state index contributed by atoms with van der Waals surface area (Å²) in [5.41, 5.74) is 0. The Morgan fingerprint density at radius 1 is 1.40 bits per heavy atom. The van der Waals surface area contributed by atoms with Crippen LogP contribution in [-0.2, 0) is 10.0 Å². The number of nitrogens with one attached hydrogen (secondary N) is 1. The first kappa shape index (κ1) is 10.4. The van der Waals surface area contributed by atoms with Gasteiger partial charge in [-0.05, 0) is 37.0 Å². The Balaban J connectivity index is 2.12. The lowest BCUT2D eigenvalue weighted by Crippen LogP contribution is -2.25. The molecule has 0 unspecified atom stereocenters. The van der Waals surface area contributed by atoms with Gasteiger partial charge in [0.05, 0.1) is 4.90 Å². The van der Waals surface area contributed by atoms with Crippen LogP contribution >= 0.6 is 0 Å². The topological polar surface area (TPSA) is 66.4 Å². The van der Waals surface area contributed by atoms with E-state index in [0.717, 1.165) is 12.8 Å². The molecular formula is C10H13NO3S. The number of sulfonamides is 1. The molecule has 2 N–H and O–H groups in total. The predicted octanol–water partition coefficient (Wildman–Crippen LogP) is 1.08. The van der Waals surface area contributed by atoms with Crippen LogP contribution in [0.1, 0.15) is 12.8 Å². The maximum atomic E-state index is 11.7. The summed E-state index contributed by atoms with van der Waals surface area (Å²) in [4.78, 5) is 0.114. The molecular weight excluding hydrogens is 214 g/mol. The first-order chi connectivity index (χ1) is 7.08. The second-order valence-electron chi connectivity index (χ2n) is 3.79. The quantitative estimate of drug-likeness (QED) is 0.809. The van der Waals surface area contributed by atoms with Crippen LogP contribution in [-0.4, -0.2) is 20.1 Å². The molecule has 1 saturated carbocycles. The average Bonchev–Trinajstić information content (AvgIpc) is 2.98. The number of phenolic OH excluding ortho intramolecular Hbond substituents is 1. The van der Waals surface area contributed by atoms with Crippen molar-refractivity contribution in [2.45, 2.75) is 17.7 Å². The van der Waals surface area contributed by atoms with Gasteiger partial charge in [0.15, 0.2) is 0 Å². The highest BCUT2D eigenvalue weighted by Crippen LogP contribution is 2.28. The lowest BCUT2D eigenvalue weighted by Gasteiger charge is -2.05. The second kappa shape index (κ2) is 3.83. The van der Waals surface area contributed by atoms with E-state index in [1.165, 1.54) is 24.3 Å². The van der Waals surface area contributed by atoms with Crippen molar-refractivity contribution in [2.75, 3.05) is 6.54 Å². The molecule has 4 nitrogen and oxygen atoms in total. The van der Waals surface area contributed by atoms with E-state index < -0.39 is 10.0 Å². The van der Waals surface area contributed by atoms with Crippen LogP contribution in [0.3, 0.4) is 0 Å². The Morgan fingerprint density at radius 3 is 2.73 bits per heavy atom. The highest BCUT2D eigenvalue weighted by atomic mass is 32.2. The molecule has 0 aromatic heterocycles. The molecule has 0 spiro atoms. The maximum absolute atomic E-state index is 11.7. The fraction of sp³-hybridized carbons (Fsp3) is 0.400. The Morgan fingerprint density at radius 2 is 2.13 bits per heavy atom. The molecule has 0 heterocycles. The van der Waals surface area contributed by atoms with E-state index in [-0.39, 0.29) is 10.6 Å². The fourth-order valence-electron chi connectivity index (χ4n) is 1.28. The van der Waals surface area contributed by atoms with Crippen molar-refractivity contribution >= 4 is 10.0 Å². The Bertz CT molecular complexity index is 451. The highest BCUT2D eigenvalue weighted by molar-refractivity contribution is 7.89. The first-order valence-corrected chi connectivity index (χ1v) is 6.35. The minimum absolute atomic E-state index is 0.0377. The summed E-state index contributed by atoms with van der Waals surface area (Å²) in [5.74, 6) is 0.460. The smallest absolute Gasteiger partial charge is 0.240 e. The molecule has 15 heavy (non-hydrogen) atoms. The number of rotatable bonds is 4. The van der Waals surface area contributed by atoms with Gasteiger partial charge in [0, 0.05) is 6.54 Å². The summed E-state index contributed by atoms with van der Waals surface area (Å²) < 4.78 is 25.9. The van der Waals surface area contributed by atoms with Gasteiger partial charge >= 0.3 is 0 Å². The Kier molecular flexibility index (Phi) is 2.67. The minimum Gasteiger partial charge on any atom is -0.508 e. The lowest BCUT2D eigenvalue weighted by molar-refractivity contribution is 0.473. The van der Waals surface area contributed by atoms with Crippen LogP contribution in [0.15, 0.2) is 29.2 Å². The van der Waals surface area contributed by atoms with Crippen molar-refractivity contribution in [2.24, 2.45) is 5.92 Å². The third-order valence-corrected chi connectivity index (χ3v) is 3.81. The molecule has 0 bridgehead atoms. The molecule has 1 aromatic rings. The number of aromatic hydroxyl groups is 1.